The molecule has 1 aliphatic carbocycles. The Morgan fingerprint density at radius 3 is 2.89 bits per heavy atom. The zero-order chi connectivity index (χ0) is 12.4. The molecule has 4 heteroatoms. The van der Waals surface area contributed by atoms with Gasteiger partial charge in [0.2, 0.25) is 6.08 Å². The van der Waals surface area contributed by atoms with Gasteiger partial charge in [0, 0.05) is 11.1 Å². The van der Waals surface area contributed by atoms with Gasteiger partial charge in [0.25, 0.3) is 0 Å². The highest BCUT2D eigenvalue weighted by atomic mass is 16.7. The van der Waals surface area contributed by atoms with Gasteiger partial charge in [0.15, 0.2) is 6.79 Å². The Kier molecular flexibility index (Phi) is 2.90. The molecule has 94 valence electrons. The molecule has 1 aromatic carbocycles. The zero-order valence-corrected chi connectivity index (χ0v) is 10.1. The average Bonchev–Trinajstić information content (AvgIpc) is 2.88. The minimum atomic E-state index is -0.426. The van der Waals surface area contributed by atoms with Crippen LogP contribution < -0.4 is 4.74 Å². The van der Waals surface area contributed by atoms with E-state index in [1.165, 1.54) is 0 Å². The Bertz CT molecular complexity index is 500. The molecule has 0 aromatic heterocycles. The van der Waals surface area contributed by atoms with Crippen LogP contribution in [0.25, 0.3) is 0 Å². The second kappa shape index (κ2) is 4.56. The van der Waals surface area contributed by atoms with E-state index in [4.69, 9.17) is 9.47 Å². The van der Waals surface area contributed by atoms with Crippen molar-refractivity contribution < 1.29 is 14.3 Å². The van der Waals surface area contributed by atoms with Crippen LogP contribution in [0.15, 0.2) is 23.2 Å². The van der Waals surface area contributed by atoms with Crippen LogP contribution >= 0.6 is 0 Å². The van der Waals surface area contributed by atoms with Crippen LogP contribution in [0.3, 0.4) is 0 Å². The van der Waals surface area contributed by atoms with E-state index in [2.05, 4.69) is 4.99 Å². The molecule has 1 fully saturated rings. The van der Waals surface area contributed by atoms with E-state index in [0.29, 0.717) is 6.61 Å². The predicted octanol–water partition coefficient (Wildman–Crippen LogP) is 2.66. The number of isocyanates is 1. The Labute approximate surface area is 106 Å². The number of carbonyl (C=O) groups excluding carboxylic acids is 1. The Morgan fingerprint density at radius 2 is 2.11 bits per heavy atom. The first-order chi connectivity index (χ1) is 8.86. The number of benzene rings is 1. The lowest BCUT2D eigenvalue weighted by molar-refractivity contribution is -0.0177. The molecule has 0 saturated heterocycles. The normalized spacial score (nSPS) is 20.7. The molecule has 0 radical (unpaired) electrons. The number of ether oxygens (including phenoxy) is 2. The molecule has 0 N–H and O–H groups in total. The number of nitrogens with zero attached hydrogens (tertiary/aromatic N) is 1. The zero-order valence-electron chi connectivity index (χ0n) is 10.1. The monoisotopic (exact) mass is 245 g/mol. The summed E-state index contributed by atoms with van der Waals surface area (Å²) in [5, 5.41) is 0. The number of rotatable bonds is 2. The van der Waals surface area contributed by atoms with Crippen molar-refractivity contribution in [3.63, 3.8) is 0 Å². The quantitative estimate of drug-likeness (QED) is 0.594. The van der Waals surface area contributed by atoms with Crippen molar-refractivity contribution in [2.75, 3.05) is 6.79 Å². The summed E-state index contributed by atoms with van der Waals surface area (Å²) >= 11 is 0. The fourth-order valence-corrected chi connectivity index (χ4v) is 2.98. The average molecular weight is 245 g/mol. The highest BCUT2D eigenvalue weighted by Crippen LogP contribution is 2.47. The lowest BCUT2D eigenvalue weighted by atomic mass is 9.87. The molecule has 0 spiro atoms. The second-order valence-corrected chi connectivity index (χ2v) is 4.85. The summed E-state index contributed by atoms with van der Waals surface area (Å²) < 4.78 is 10.9. The molecule has 0 amide bonds. The van der Waals surface area contributed by atoms with Crippen LogP contribution in [0, 0.1) is 0 Å². The summed E-state index contributed by atoms with van der Waals surface area (Å²) in [4.78, 5) is 14.9. The number of fused-ring (bicyclic) bond motifs is 1. The summed E-state index contributed by atoms with van der Waals surface area (Å²) in [7, 11) is 0. The van der Waals surface area contributed by atoms with Crippen molar-refractivity contribution in [3.05, 3.63) is 29.3 Å². The van der Waals surface area contributed by atoms with Crippen LogP contribution in [-0.2, 0) is 21.7 Å². The number of hydrogen-bond acceptors (Lipinski definition) is 4. The van der Waals surface area contributed by atoms with Gasteiger partial charge in [-0.25, -0.2) is 4.79 Å². The summed E-state index contributed by atoms with van der Waals surface area (Å²) in [6.45, 7) is 0.828. The summed E-state index contributed by atoms with van der Waals surface area (Å²) in [5.74, 6) is 0.852. The predicted molar refractivity (Wildman–Crippen MR) is 65.0 cm³/mol. The molecule has 1 aromatic rings. The van der Waals surface area contributed by atoms with E-state index in [9.17, 15) is 4.79 Å². The highest BCUT2D eigenvalue weighted by molar-refractivity contribution is 5.49. The van der Waals surface area contributed by atoms with Crippen LogP contribution in [-0.4, -0.2) is 12.9 Å². The van der Waals surface area contributed by atoms with Crippen LogP contribution in [0.5, 0.6) is 5.75 Å². The molecule has 1 saturated carbocycles. The fraction of sp³-hybridized carbons (Fsp3) is 0.500. The molecule has 18 heavy (non-hydrogen) atoms. The molecule has 4 nitrogen and oxygen atoms in total. The molecular formula is C14H15NO3. The maximum absolute atomic E-state index is 10.8. The second-order valence-electron chi connectivity index (χ2n) is 4.85. The molecule has 1 heterocycles. The Balaban J connectivity index is 2.12. The van der Waals surface area contributed by atoms with Gasteiger partial charge in [-0.3, -0.25) is 0 Å². The van der Waals surface area contributed by atoms with E-state index in [1.54, 1.807) is 6.08 Å². The van der Waals surface area contributed by atoms with Crippen molar-refractivity contribution in [1.82, 2.24) is 0 Å². The van der Waals surface area contributed by atoms with E-state index >= 15 is 0 Å². The van der Waals surface area contributed by atoms with Gasteiger partial charge >= 0.3 is 0 Å². The summed E-state index contributed by atoms with van der Waals surface area (Å²) in [6, 6.07) is 5.98. The molecule has 0 unspecified atom stereocenters. The van der Waals surface area contributed by atoms with Gasteiger partial charge in [0.05, 0.1) is 6.61 Å². The number of para-hydroxylation sites is 1. The van der Waals surface area contributed by atoms with Gasteiger partial charge in [0.1, 0.15) is 11.3 Å². The van der Waals surface area contributed by atoms with E-state index in [-0.39, 0.29) is 6.79 Å². The standard InChI is InChI=1S/C14H15NO3/c16-9-15-14(6-1-2-7-14)12-5-3-4-11-8-17-10-18-13(11)12/h3-5H,1-2,6-8,10H2. The van der Waals surface area contributed by atoms with Crippen molar-refractivity contribution >= 4 is 6.08 Å². The van der Waals surface area contributed by atoms with Crippen molar-refractivity contribution in [2.24, 2.45) is 4.99 Å². The van der Waals surface area contributed by atoms with Gasteiger partial charge in [-0.1, -0.05) is 31.0 Å². The maximum atomic E-state index is 10.8. The molecule has 1 aliphatic heterocycles. The van der Waals surface area contributed by atoms with Gasteiger partial charge in [-0.05, 0) is 12.8 Å². The molecule has 3 rings (SSSR count). The smallest absolute Gasteiger partial charge is 0.235 e. The molecule has 0 bridgehead atoms. The lowest BCUT2D eigenvalue weighted by Gasteiger charge is -2.28. The van der Waals surface area contributed by atoms with Gasteiger partial charge < -0.3 is 9.47 Å². The van der Waals surface area contributed by atoms with Crippen LogP contribution in [0.4, 0.5) is 0 Å². The summed E-state index contributed by atoms with van der Waals surface area (Å²) in [5.41, 5.74) is 1.63. The fourth-order valence-electron chi connectivity index (χ4n) is 2.98. The topological polar surface area (TPSA) is 47.9 Å². The first-order valence-corrected chi connectivity index (χ1v) is 6.28. The van der Waals surface area contributed by atoms with Crippen molar-refractivity contribution in [3.8, 4) is 5.75 Å². The third-order valence-corrected chi connectivity index (χ3v) is 3.83. The largest absolute Gasteiger partial charge is 0.467 e. The van der Waals surface area contributed by atoms with Gasteiger partial charge in [-0.15, -0.1) is 0 Å². The first-order valence-electron chi connectivity index (χ1n) is 6.28. The Morgan fingerprint density at radius 1 is 1.28 bits per heavy atom. The van der Waals surface area contributed by atoms with Crippen molar-refractivity contribution in [2.45, 2.75) is 37.8 Å². The first kappa shape index (κ1) is 11.5. The highest BCUT2D eigenvalue weighted by Gasteiger charge is 2.39. The van der Waals surface area contributed by atoms with Crippen LogP contribution in [0.1, 0.15) is 36.8 Å². The minimum Gasteiger partial charge on any atom is -0.467 e. The number of aliphatic imine (C=N–C) groups is 1. The maximum Gasteiger partial charge on any atom is 0.235 e. The minimum absolute atomic E-state index is 0.269. The summed E-state index contributed by atoms with van der Waals surface area (Å²) in [6.07, 6.45) is 5.70. The van der Waals surface area contributed by atoms with E-state index < -0.39 is 5.54 Å². The number of hydrogen-bond donors (Lipinski definition) is 0. The van der Waals surface area contributed by atoms with Gasteiger partial charge in [-0.2, -0.15) is 4.99 Å². The molecular weight excluding hydrogens is 230 g/mol. The van der Waals surface area contributed by atoms with Crippen molar-refractivity contribution in [1.29, 1.82) is 0 Å². The molecule has 2 aliphatic rings. The molecule has 0 atom stereocenters. The third kappa shape index (κ3) is 1.74. The SMILES string of the molecule is O=C=NC1(c2cccc3c2OCOC3)CCCC1. The van der Waals surface area contributed by atoms with Crippen LogP contribution in [0.2, 0.25) is 0 Å². The van der Waals surface area contributed by atoms with E-state index in [1.807, 2.05) is 18.2 Å². The Hall–Kier alpha value is -1.64. The van der Waals surface area contributed by atoms with E-state index in [0.717, 1.165) is 42.6 Å². The lowest BCUT2D eigenvalue weighted by Crippen LogP contribution is -2.23. The third-order valence-electron chi connectivity index (χ3n) is 3.83.